The van der Waals surface area contributed by atoms with Crippen LogP contribution in [0, 0.1) is 16.7 Å². The molecule has 1 unspecified atom stereocenters. The average molecular weight is 264 g/mol. The minimum Gasteiger partial charge on any atom is -0.396 e. The molecule has 1 aliphatic heterocycles. The number of aliphatic hydroxyl groups excluding tert-OH is 1. The molecule has 0 bridgehead atoms. The molecular formula is C15H24N2O2. The van der Waals surface area contributed by atoms with E-state index < -0.39 is 5.41 Å². The van der Waals surface area contributed by atoms with E-state index in [1.807, 2.05) is 4.90 Å². The zero-order valence-electron chi connectivity index (χ0n) is 11.6. The van der Waals surface area contributed by atoms with E-state index in [0.717, 1.165) is 64.3 Å². The number of likely N-dealkylation sites (tertiary alicyclic amines) is 1. The zero-order chi connectivity index (χ0) is 13.7. The summed E-state index contributed by atoms with van der Waals surface area (Å²) in [6.07, 6.45) is 8.25. The van der Waals surface area contributed by atoms with E-state index in [1.54, 1.807) is 0 Å². The number of carbonyl (C=O) groups is 1. The van der Waals surface area contributed by atoms with Gasteiger partial charge in [0.1, 0.15) is 5.41 Å². The molecule has 0 radical (unpaired) electrons. The van der Waals surface area contributed by atoms with Crippen molar-refractivity contribution < 1.29 is 9.90 Å². The van der Waals surface area contributed by atoms with Gasteiger partial charge in [-0.05, 0) is 38.5 Å². The molecule has 2 rings (SSSR count). The number of nitriles is 1. The first kappa shape index (κ1) is 14.3. The number of hydrogen-bond donors (Lipinski definition) is 1. The summed E-state index contributed by atoms with van der Waals surface area (Å²) in [6.45, 7) is 0.973. The molecule has 0 spiro atoms. The third-order valence-electron chi connectivity index (χ3n) is 4.66. The Bertz CT molecular complexity index is 356. The van der Waals surface area contributed by atoms with E-state index in [4.69, 9.17) is 5.11 Å². The van der Waals surface area contributed by atoms with Crippen LogP contribution in [-0.2, 0) is 4.79 Å². The van der Waals surface area contributed by atoms with Crippen LogP contribution in [-0.4, -0.2) is 35.1 Å². The SMILES string of the molecule is N#CC1(C(=O)N2CCCC2CCCO)CCCCC1. The van der Waals surface area contributed by atoms with Crippen LogP contribution in [0.5, 0.6) is 0 Å². The molecule has 1 saturated carbocycles. The van der Waals surface area contributed by atoms with Gasteiger partial charge in [-0.2, -0.15) is 5.26 Å². The highest BCUT2D eigenvalue weighted by atomic mass is 16.3. The molecule has 1 amide bonds. The van der Waals surface area contributed by atoms with Gasteiger partial charge in [-0.3, -0.25) is 4.79 Å². The molecule has 106 valence electrons. The number of aliphatic hydroxyl groups is 1. The first-order chi connectivity index (χ1) is 9.23. The Hall–Kier alpha value is -1.08. The van der Waals surface area contributed by atoms with E-state index in [1.165, 1.54) is 0 Å². The summed E-state index contributed by atoms with van der Waals surface area (Å²) in [5, 5.41) is 18.4. The Morgan fingerprint density at radius 3 is 2.68 bits per heavy atom. The van der Waals surface area contributed by atoms with Gasteiger partial charge >= 0.3 is 0 Å². The van der Waals surface area contributed by atoms with E-state index in [0.29, 0.717) is 0 Å². The van der Waals surface area contributed by atoms with Crippen molar-refractivity contribution in [3.63, 3.8) is 0 Å². The lowest BCUT2D eigenvalue weighted by atomic mass is 9.74. The van der Waals surface area contributed by atoms with Gasteiger partial charge in [-0.1, -0.05) is 19.3 Å². The highest BCUT2D eigenvalue weighted by Gasteiger charge is 2.44. The topological polar surface area (TPSA) is 64.3 Å². The maximum Gasteiger partial charge on any atom is 0.243 e. The predicted molar refractivity (Wildman–Crippen MR) is 72.2 cm³/mol. The van der Waals surface area contributed by atoms with Gasteiger partial charge < -0.3 is 10.0 Å². The summed E-state index contributed by atoms with van der Waals surface area (Å²) in [5.41, 5.74) is -0.750. The van der Waals surface area contributed by atoms with Crippen LogP contribution in [0.25, 0.3) is 0 Å². The monoisotopic (exact) mass is 264 g/mol. The summed E-state index contributed by atoms with van der Waals surface area (Å²) in [4.78, 5) is 14.7. The van der Waals surface area contributed by atoms with Crippen LogP contribution >= 0.6 is 0 Å². The molecule has 1 heterocycles. The standard InChI is InChI=1S/C15H24N2O2/c16-12-15(8-2-1-3-9-15)14(19)17-10-4-6-13(17)7-5-11-18/h13,18H,1-11H2. The van der Waals surface area contributed by atoms with E-state index in [-0.39, 0.29) is 18.6 Å². The molecular weight excluding hydrogens is 240 g/mol. The zero-order valence-corrected chi connectivity index (χ0v) is 11.6. The molecule has 2 fully saturated rings. The third kappa shape index (κ3) is 2.92. The fourth-order valence-electron chi connectivity index (χ4n) is 3.53. The van der Waals surface area contributed by atoms with Gasteiger partial charge in [0.2, 0.25) is 5.91 Å². The van der Waals surface area contributed by atoms with Crippen molar-refractivity contribution in [2.45, 2.75) is 63.8 Å². The number of carbonyl (C=O) groups excluding carboxylic acids is 1. The molecule has 0 aromatic heterocycles. The van der Waals surface area contributed by atoms with Crippen LogP contribution in [0.4, 0.5) is 0 Å². The smallest absolute Gasteiger partial charge is 0.243 e. The lowest BCUT2D eigenvalue weighted by molar-refractivity contribution is -0.141. The van der Waals surface area contributed by atoms with Gasteiger partial charge in [-0.15, -0.1) is 0 Å². The van der Waals surface area contributed by atoms with E-state index in [2.05, 4.69) is 6.07 Å². The third-order valence-corrected chi connectivity index (χ3v) is 4.66. The van der Waals surface area contributed by atoms with Gasteiger partial charge in [-0.25, -0.2) is 0 Å². The molecule has 1 atom stereocenters. The number of amides is 1. The highest BCUT2D eigenvalue weighted by Crippen LogP contribution is 2.39. The summed E-state index contributed by atoms with van der Waals surface area (Å²) in [6, 6.07) is 2.57. The summed E-state index contributed by atoms with van der Waals surface area (Å²) in [7, 11) is 0. The second-order valence-electron chi connectivity index (χ2n) is 5.92. The molecule has 0 aromatic carbocycles. The first-order valence-corrected chi connectivity index (χ1v) is 7.57. The maximum absolute atomic E-state index is 12.8. The average Bonchev–Trinajstić information content (AvgIpc) is 2.93. The lowest BCUT2D eigenvalue weighted by Crippen LogP contribution is -2.46. The molecule has 19 heavy (non-hydrogen) atoms. The van der Waals surface area contributed by atoms with Crippen molar-refractivity contribution in [2.24, 2.45) is 5.41 Å². The van der Waals surface area contributed by atoms with Gasteiger partial charge in [0.25, 0.3) is 0 Å². The molecule has 1 saturated heterocycles. The lowest BCUT2D eigenvalue weighted by Gasteiger charge is -2.35. The van der Waals surface area contributed by atoms with Crippen LogP contribution in [0.3, 0.4) is 0 Å². The van der Waals surface area contributed by atoms with Crippen molar-refractivity contribution in [1.82, 2.24) is 4.90 Å². The van der Waals surface area contributed by atoms with Crippen molar-refractivity contribution in [3.8, 4) is 6.07 Å². The summed E-state index contributed by atoms with van der Waals surface area (Å²) >= 11 is 0. The molecule has 4 heteroatoms. The van der Waals surface area contributed by atoms with Gasteiger partial charge in [0.15, 0.2) is 0 Å². The number of hydrogen-bond acceptors (Lipinski definition) is 3. The van der Waals surface area contributed by atoms with Crippen LogP contribution in [0.2, 0.25) is 0 Å². The highest BCUT2D eigenvalue weighted by molar-refractivity contribution is 5.86. The summed E-state index contributed by atoms with van der Waals surface area (Å²) in [5.74, 6) is 0.0649. The Balaban J connectivity index is 2.06. The molecule has 1 aliphatic carbocycles. The Kier molecular flexibility index (Phi) is 4.81. The van der Waals surface area contributed by atoms with Crippen LogP contribution < -0.4 is 0 Å². The molecule has 2 aliphatic rings. The molecule has 4 nitrogen and oxygen atoms in total. The van der Waals surface area contributed by atoms with E-state index in [9.17, 15) is 10.1 Å². The second-order valence-corrected chi connectivity index (χ2v) is 5.92. The first-order valence-electron chi connectivity index (χ1n) is 7.57. The number of rotatable bonds is 4. The second kappa shape index (κ2) is 6.38. The van der Waals surface area contributed by atoms with Crippen LogP contribution in [0.1, 0.15) is 57.8 Å². The van der Waals surface area contributed by atoms with E-state index >= 15 is 0 Å². The van der Waals surface area contributed by atoms with Crippen molar-refractivity contribution >= 4 is 5.91 Å². The van der Waals surface area contributed by atoms with Crippen molar-refractivity contribution in [3.05, 3.63) is 0 Å². The fourth-order valence-corrected chi connectivity index (χ4v) is 3.53. The Labute approximate surface area is 115 Å². The normalized spacial score (nSPS) is 26.1. The fraction of sp³-hybridized carbons (Fsp3) is 0.867. The van der Waals surface area contributed by atoms with Gasteiger partial charge in [0.05, 0.1) is 6.07 Å². The quantitative estimate of drug-likeness (QED) is 0.846. The minimum atomic E-state index is -0.750. The predicted octanol–water partition coefficient (Wildman–Crippen LogP) is 2.22. The number of nitrogens with zero attached hydrogens (tertiary/aromatic N) is 2. The Morgan fingerprint density at radius 2 is 2.05 bits per heavy atom. The summed E-state index contributed by atoms with van der Waals surface area (Å²) < 4.78 is 0. The minimum absolute atomic E-state index is 0.0649. The molecule has 1 N–H and O–H groups in total. The Morgan fingerprint density at radius 1 is 1.32 bits per heavy atom. The van der Waals surface area contributed by atoms with Crippen molar-refractivity contribution in [1.29, 1.82) is 5.26 Å². The van der Waals surface area contributed by atoms with Crippen LogP contribution in [0.15, 0.2) is 0 Å². The molecule has 0 aromatic rings. The largest absolute Gasteiger partial charge is 0.396 e. The van der Waals surface area contributed by atoms with Crippen molar-refractivity contribution in [2.75, 3.05) is 13.2 Å². The van der Waals surface area contributed by atoms with Gasteiger partial charge in [0, 0.05) is 19.2 Å². The maximum atomic E-state index is 12.8.